The predicted octanol–water partition coefficient (Wildman–Crippen LogP) is 3.12. The first-order valence-corrected chi connectivity index (χ1v) is 6.35. The normalized spacial score (nSPS) is 17.5. The fourth-order valence-corrected chi connectivity index (χ4v) is 2.39. The Morgan fingerprint density at radius 3 is 2.61 bits per heavy atom. The van der Waals surface area contributed by atoms with Gasteiger partial charge in [-0.3, -0.25) is 0 Å². The Morgan fingerprint density at radius 1 is 1.22 bits per heavy atom. The molecule has 1 aliphatic heterocycles. The van der Waals surface area contributed by atoms with Crippen LogP contribution in [-0.4, -0.2) is 16.2 Å². The van der Waals surface area contributed by atoms with Gasteiger partial charge in [-0.05, 0) is 20.8 Å². The lowest BCUT2D eigenvalue weighted by atomic mass is 10.1. The number of nitrogens with zero attached hydrogens (tertiary/aromatic N) is 2. The first-order valence-electron chi connectivity index (χ1n) is 6.35. The average Bonchev–Trinajstić information content (AvgIpc) is 2.75. The van der Waals surface area contributed by atoms with Crippen LogP contribution in [0.25, 0.3) is 11.3 Å². The summed E-state index contributed by atoms with van der Waals surface area (Å²) in [5.74, 6) is 1.02. The summed E-state index contributed by atoms with van der Waals surface area (Å²) >= 11 is 0. The molecule has 0 aliphatic carbocycles. The molecule has 3 heteroatoms. The van der Waals surface area contributed by atoms with Crippen LogP contribution in [-0.2, 0) is 16.9 Å². The van der Waals surface area contributed by atoms with E-state index in [1.165, 1.54) is 11.1 Å². The van der Waals surface area contributed by atoms with Crippen LogP contribution < -0.4 is 0 Å². The number of rotatable bonds is 1. The van der Waals surface area contributed by atoms with Gasteiger partial charge in [0, 0.05) is 18.3 Å². The van der Waals surface area contributed by atoms with Crippen molar-refractivity contribution in [3.8, 4) is 11.3 Å². The molecule has 0 saturated heterocycles. The van der Waals surface area contributed by atoms with E-state index in [1.807, 2.05) is 0 Å². The largest absolute Gasteiger partial charge is 0.366 e. The summed E-state index contributed by atoms with van der Waals surface area (Å²) in [5, 5.41) is 0. The van der Waals surface area contributed by atoms with Crippen molar-refractivity contribution in [1.29, 1.82) is 0 Å². The van der Waals surface area contributed by atoms with E-state index in [-0.39, 0.29) is 5.60 Å². The summed E-state index contributed by atoms with van der Waals surface area (Å²) in [4.78, 5) is 4.74. The van der Waals surface area contributed by atoms with Gasteiger partial charge >= 0.3 is 0 Å². The van der Waals surface area contributed by atoms with Crippen molar-refractivity contribution in [2.75, 3.05) is 6.61 Å². The topological polar surface area (TPSA) is 27.1 Å². The second-order valence-electron chi connectivity index (χ2n) is 5.37. The molecule has 2 heterocycles. The van der Waals surface area contributed by atoms with E-state index in [0.29, 0.717) is 0 Å². The fraction of sp³-hybridized carbons (Fsp3) is 0.400. The van der Waals surface area contributed by atoms with Crippen LogP contribution in [0.2, 0.25) is 0 Å². The van der Waals surface area contributed by atoms with E-state index in [1.54, 1.807) is 0 Å². The molecule has 0 radical (unpaired) electrons. The van der Waals surface area contributed by atoms with Gasteiger partial charge in [0.1, 0.15) is 11.4 Å². The van der Waals surface area contributed by atoms with E-state index >= 15 is 0 Å². The lowest BCUT2D eigenvalue weighted by Crippen LogP contribution is -2.33. The van der Waals surface area contributed by atoms with Crippen LogP contribution in [0, 0.1) is 6.92 Å². The highest BCUT2D eigenvalue weighted by atomic mass is 16.5. The van der Waals surface area contributed by atoms with Crippen LogP contribution in [0.4, 0.5) is 0 Å². The Hall–Kier alpha value is -1.61. The molecule has 18 heavy (non-hydrogen) atoms. The molecule has 0 amide bonds. The van der Waals surface area contributed by atoms with Crippen molar-refractivity contribution in [3.63, 3.8) is 0 Å². The molecule has 0 saturated carbocycles. The average molecular weight is 242 g/mol. The number of hydrogen-bond donors (Lipinski definition) is 0. The van der Waals surface area contributed by atoms with Gasteiger partial charge in [-0.25, -0.2) is 4.98 Å². The highest BCUT2D eigenvalue weighted by molar-refractivity contribution is 5.59. The minimum Gasteiger partial charge on any atom is -0.366 e. The zero-order valence-corrected chi connectivity index (χ0v) is 11.1. The molecule has 0 unspecified atom stereocenters. The molecule has 1 aliphatic rings. The van der Waals surface area contributed by atoms with E-state index in [9.17, 15) is 0 Å². The number of hydrogen-bond acceptors (Lipinski definition) is 2. The Labute approximate surface area is 107 Å². The highest BCUT2D eigenvalue weighted by Gasteiger charge is 2.31. The smallest absolute Gasteiger partial charge is 0.141 e. The predicted molar refractivity (Wildman–Crippen MR) is 71.4 cm³/mol. The lowest BCUT2D eigenvalue weighted by Gasteiger charge is -2.30. The monoisotopic (exact) mass is 242 g/mol. The number of ether oxygens (including phenoxy) is 1. The third-order valence-electron chi connectivity index (χ3n) is 3.46. The van der Waals surface area contributed by atoms with Crippen molar-refractivity contribution >= 4 is 0 Å². The third kappa shape index (κ3) is 1.85. The molecule has 3 nitrogen and oxygen atoms in total. The number of fused-ring (bicyclic) bond motifs is 1. The summed E-state index contributed by atoms with van der Waals surface area (Å²) in [5.41, 5.74) is 3.18. The van der Waals surface area contributed by atoms with E-state index in [0.717, 1.165) is 24.7 Å². The molecule has 0 bridgehead atoms. The standard InChI is InChI=1S/C15H18N2O/c1-11-4-6-12(7-5-11)13-10-17-8-9-18-15(2,3)14(17)16-13/h4-7,10H,8-9H2,1-3H3. The van der Waals surface area contributed by atoms with Gasteiger partial charge < -0.3 is 9.30 Å². The molecule has 0 fully saturated rings. The summed E-state index contributed by atoms with van der Waals surface area (Å²) in [6.07, 6.45) is 2.13. The maximum Gasteiger partial charge on any atom is 0.141 e. The maximum absolute atomic E-state index is 5.78. The summed E-state index contributed by atoms with van der Waals surface area (Å²) in [6.45, 7) is 7.88. The van der Waals surface area contributed by atoms with Gasteiger partial charge in [-0.15, -0.1) is 0 Å². The Morgan fingerprint density at radius 2 is 1.94 bits per heavy atom. The molecular weight excluding hydrogens is 224 g/mol. The van der Waals surface area contributed by atoms with Crippen LogP contribution >= 0.6 is 0 Å². The first-order chi connectivity index (χ1) is 8.56. The van der Waals surface area contributed by atoms with Crippen molar-refractivity contribution in [2.24, 2.45) is 0 Å². The Kier molecular flexibility index (Phi) is 2.52. The minimum absolute atomic E-state index is 0.290. The highest BCUT2D eigenvalue weighted by Crippen LogP contribution is 2.30. The molecule has 2 aromatic rings. The number of imidazole rings is 1. The van der Waals surface area contributed by atoms with Crippen LogP contribution in [0.1, 0.15) is 25.2 Å². The van der Waals surface area contributed by atoms with Crippen molar-refractivity contribution < 1.29 is 4.74 Å². The zero-order valence-electron chi connectivity index (χ0n) is 11.1. The van der Waals surface area contributed by atoms with Crippen molar-refractivity contribution in [1.82, 2.24) is 9.55 Å². The van der Waals surface area contributed by atoms with E-state index in [4.69, 9.17) is 9.72 Å². The van der Waals surface area contributed by atoms with Crippen LogP contribution in [0.5, 0.6) is 0 Å². The lowest BCUT2D eigenvalue weighted by molar-refractivity contribution is -0.0538. The molecule has 94 valence electrons. The molecule has 0 spiro atoms. The Balaban J connectivity index is 2.05. The van der Waals surface area contributed by atoms with Gasteiger partial charge in [0.05, 0.1) is 12.3 Å². The van der Waals surface area contributed by atoms with Gasteiger partial charge in [-0.1, -0.05) is 29.8 Å². The third-order valence-corrected chi connectivity index (χ3v) is 3.46. The Bertz CT molecular complexity index is 567. The zero-order chi connectivity index (χ0) is 12.8. The molecule has 0 N–H and O–H groups in total. The van der Waals surface area contributed by atoms with Crippen LogP contribution in [0.15, 0.2) is 30.5 Å². The van der Waals surface area contributed by atoms with Gasteiger partial charge in [0.15, 0.2) is 0 Å². The second kappa shape index (κ2) is 3.95. The number of aryl methyl sites for hydroxylation is 1. The van der Waals surface area contributed by atoms with E-state index in [2.05, 4.69) is 55.8 Å². The maximum atomic E-state index is 5.78. The molecule has 1 aromatic heterocycles. The van der Waals surface area contributed by atoms with Crippen molar-refractivity contribution in [3.05, 3.63) is 41.9 Å². The molecule has 3 rings (SSSR count). The van der Waals surface area contributed by atoms with E-state index < -0.39 is 0 Å². The minimum atomic E-state index is -0.290. The molecular formula is C15H18N2O. The quantitative estimate of drug-likeness (QED) is 0.768. The fourth-order valence-electron chi connectivity index (χ4n) is 2.39. The van der Waals surface area contributed by atoms with Gasteiger partial charge in [0.25, 0.3) is 0 Å². The van der Waals surface area contributed by atoms with Gasteiger partial charge in [0.2, 0.25) is 0 Å². The number of aromatic nitrogens is 2. The second-order valence-corrected chi connectivity index (χ2v) is 5.37. The molecule has 1 aromatic carbocycles. The summed E-state index contributed by atoms with van der Waals surface area (Å²) in [6, 6.07) is 8.49. The summed E-state index contributed by atoms with van der Waals surface area (Å²) in [7, 11) is 0. The van der Waals surface area contributed by atoms with Gasteiger partial charge in [-0.2, -0.15) is 0 Å². The SMILES string of the molecule is Cc1ccc(-c2cn3c(n2)C(C)(C)OCC3)cc1. The van der Waals surface area contributed by atoms with Crippen LogP contribution in [0.3, 0.4) is 0 Å². The summed E-state index contributed by atoms with van der Waals surface area (Å²) < 4.78 is 7.98. The van der Waals surface area contributed by atoms with Crippen molar-refractivity contribution in [2.45, 2.75) is 32.9 Å². The first kappa shape index (κ1) is 11.5. The number of benzene rings is 1. The molecule has 0 atom stereocenters.